The minimum atomic E-state index is -0.243. The fourth-order valence-electron chi connectivity index (χ4n) is 3.35. The zero-order valence-corrected chi connectivity index (χ0v) is 18.5. The van der Waals surface area contributed by atoms with Crippen LogP contribution in [0.1, 0.15) is 24.9 Å². The van der Waals surface area contributed by atoms with Crippen LogP contribution in [-0.2, 0) is 17.8 Å². The van der Waals surface area contributed by atoms with Crippen LogP contribution in [0.3, 0.4) is 0 Å². The Morgan fingerprint density at radius 1 is 1.16 bits per heavy atom. The van der Waals surface area contributed by atoms with Crippen LogP contribution in [0.4, 0.5) is 0 Å². The molecule has 4 aromatic rings. The molecule has 2 aromatic heterocycles. The number of hydrogen-bond acceptors (Lipinski definition) is 5. The smallest absolute Gasteiger partial charge is 0.258 e. The molecular formula is C23H21ClN4O2S. The summed E-state index contributed by atoms with van der Waals surface area (Å²) >= 11 is 7.57. The van der Waals surface area contributed by atoms with Crippen LogP contribution < -0.4 is 5.56 Å². The molecule has 31 heavy (non-hydrogen) atoms. The predicted octanol–water partition coefficient (Wildman–Crippen LogP) is 4.68. The van der Waals surface area contributed by atoms with Gasteiger partial charge in [-0.3, -0.25) is 9.59 Å². The van der Waals surface area contributed by atoms with Crippen molar-refractivity contribution in [2.75, 3.05) is 6.54 Å². The standard InChI is InChI=1S/C23H21ClN4O2S/c1-2-10-28(13-20-26-19-11-16(24)8-9-18(19)22(30)27-20)21(29)12-17-14-31-23(25-17)15-6-4-3-5-7-15/h3-9,11,14H,2,10,12-13H2,1H3,(H,26,27,30). The van der Waals surface area contributed by atoms with Crippen LogP contribution in [0.15, 0.2) is 58.7 Å². The van der Waals surface area contributed by atoms with Crippen molar-refractivity contribution in [1.29, 1.82) is 0 Å². The molecule has 1 N–H and O–H groups in total. The number of fused-ring (bicyclic) bond motifs is 1. The average molecular weight is 453 g/mol. The molecule has 0 aliphatic rings. The second-order valence-corrected chi connectivity index (χ2v) is 8.47. The highest BCUT2D eigenvalue weighted by Crippen LogP contribution is 2.24. The number of carbonyl (C=O) groups is 1. The Morgan fingerprint density at radius 3 is 2.74 bits per heavy atom. The van der Waals surface area contributed by atoms with Crippen LogP contribution in [0.25, 0.3) is 21.5 Å². The first kappa shape index (κ1) is 21.2. The molecule has 4 rings (SSSR count). The summed E-state index contributed by atoms with van der Waals surface area (Å²) in [4.78, 5) is 39.0. The molecule has 0 spiro atoms. The van der Waals surface area contributed by atoms with Gasteiger partial charge in [0.05, 0.1) is 29.6 Å². The zero-order valence-electron chi connectivity index (χ0n) is 17.0. The maximum atomic E-state index is 13.0. The number of H-pyrrole nitrogens is 1. The Morgan fingerprint density at radius 2 is 1.97 bits per heavy atom. The van der Waals surface area contributed by atoms with Crippen LogP contribution in [0.5, 0.6) is 0 Å². The lowest BCUT2D eigenvalue weighted by atomic mass is 10.2. The summed E-state index contributed by atoms with van der Waals surface area (Å²) < 4.78 is 0. The molecule has 0 saturated heterocycles. The molecule has 0 aliphatic heterocycles. The van der Waals surface area contributed by atoms with Gasteiger partial charge >= 0.3 is 0 Å². The summed E-state index contributed by atoms with van der Waals surface area (Å²) in [5, 5.41) is 3.79. The molecular weight excluding hydrogens is 432 g/mol. The zero-order chi connectivity index (χ0) is 21.8. The van der Waals surface area contributed by atoms with E-state index in [1.807, 2.05) is 42.6 Å². The van der Waals surface area contributed by atoms with Crippen molar-refractivity contribution in [1.82, 2.24) is 19.9 Å². The van der Waals surface area contributed by atoms with Crippen molar-refractivity contribution in [3.05, 3.63) is 80.8 Å². The fraction of sp³-hybridized carbons (Fsp3) is 0.217. The Labute approximate surface area is 188 Å². The summed E-state index contributed by atoms with van der Waals surface area (Å²) in [5.74, 6) is 0.380. The second-order valence-electron chi connectivity index (χ2n) is 7.18. The predicted molar refractivity (Wildman–Crippen MR) is 124 cm³/mol. The number of amides is 1. The molecule has 0 atom stereocenters. The van der Waals surface area contributed by atoms with Gasteiger partial charge in [-0.25, -0.2) is 9.97 Å². The Hall–Kier alpha value is -3.03. The number of aromatic nitrogens is 3. The van der Waals surface area contributed by atoms with Gasteiger partial charge in [0, 0.05) is 22.5 Å². The van der Waals surface area contributed by atoms with E-state index >= 15 is 0 Å². The molecule has 2 aromatic carbocycles. The number of carbonyl (C=O) groups excluding carboxylic acids is 1. The van der Waals surface area contributed by atoms with Gasteiger partial charge < -0.3 is 9.88 Å². The highest BCUT2D eigenvalue weighted by molar-refractivity contribution is 7.13. The molecule has 6 nitrogen and oxygen atoms in total. The third kappa shape index (κ3) is 5.00. The molecule has 8 heteroatoms. The van der Waals surface area contributed by atoms with E-state index in [1.54, 1.807) is 23.1 Å². The monoisotopic (exact) mass is 452 g/mol. The summed E-state index contributed by atoms with van der Waals surface area (Å²) in [5.41, 5.74) is 2.05. The first-order valence-corrected chi connectivity index (χ1v) is 11.3. The molecule has 0 saturated carbocycles. The summed E-state index contributed by atoms with van der Waals surface area (Å²) in [6.45, 7) is 2.79. The molecule has 0 aliphatic carbocycles. The number of nitrogens with zero attached hydrogens (tertiary/aromatic N) is 3. The topological polar surface area (TPSA) is 79.0 Å². The lowest BCUT2D eigenvalue weighted by molar-refractivity contribution is -0.131. The van der Waals surface area contributed by atoms with E-state index in [9.17, 15) is 9.59 Å². The largest absolute Gasteiger partial charge is 0.335 e. The number of nitrogens with one attached hydrogen (secondary N) is 1. The Bertz CT molecular complexity index is 1270. The van der Waals surface area contributed by atoms with Gasteiger partial charge in [0.15, 0.2) is 0 Å². The van der Waals surface area contributed by atoms with Crippen molar-refractivity contribution in [2.24, 2.45) is 0 Å². The van der Waals surface area contributed by atoms with Gasteiger partial charge in [-0.15, -0.1) is 11.3 Å². The van der Waals surface area contributed by atoms with Crippen LogP contribution in [0.2, 0.25) is 5.02 Å². The van der Waals surface area contributed by atoms with E-state index in [0.29, 0.717) is 28.3 Å². The lowest BCUT2D eigenvalue weighted by Crippen LogP contribution is -2.34. The third-order valence-corrected chi connectivity index (χ3v) is 5.98. The van der Waals surface area contributed by atoms with Gasteiger partial charge in [0.2, 0.25) is 5.91 Å². The minimum Gasteiger partial charge on any atom is -0.335 e. The summed E-state index contributed by atoms with van der Waals surface area (Å²) in [6.07, 6.45) is 0.995. The average Bonchev–Trinajstić information content (AvgIpc) is 3.22. The van der Waals surface area contributed by atoms with Crippen molar-refractivity contribution in [3.63, 3.8) is 0 Å². The van der Waals surface area contributed by atoms with Gasteiger partial charge in [-0.1, -0.05) is 48.9 Å². The number of thiazole rings is 1. The SMILES string of the molecule is CCCN(Cc1nc2cc(Cl)ccc2c(=O)[nH]1)C(=O)Cc1csc(-c2ccccc2)n1. The van der Waals surface area contributed by atoms with E-state index < -0.39 is 0 Å². The molecule has 0 bridgehead atoms. The van der Waals surface area contributed by atoms with Crippen molar-refractivity contribution >= 4 is 39.7 Å². The van der Waals surface area contributed by atoms with E-state index in [0.717, 1.165) is 22.7 Å². The number of hydrogen-bond donors (Lipinski definition) is 1. The van der Waals surface area contributed by atoms with E-state index in [2.05, 4.69) is 15.0 Å². The van der Waals surface area contributed by atoms with Gasteiger partial charge in [-0.05, 0) is 24.6 Å². The van der Waals surface area contributed by atoms with Gasteiger partial charge in [0.25, 0.3) is 5.56 Å². The quantitative estimate of drug-likeness (QED) is 0.441. The highest BCUT2D eigenvalue weighted by atomic mass is 35.5. The molecule has 0 unspecified atom stereocenters. The normalized spacial score (nSPS) is 11.0. The van der Waals surface area contributed by atoms with E-state index in [1.165, 1.54) is 11.3 Å². The lowest BCUT2D eigenvalue weighted by Gasteiger charge is -2.21. The van der Waals surface area contributed by atoms with Crippen molar-refractivity contribution in [3.8, 4) is 10.6 Å². The van der Waals surface area contributed by atoms with Gasteiger partial charge in [0.1, 0.15) is 10.8 Å². The first-order valence-electron chi connectivity index (χ1n) is 9.99. The first-order chi connectivity index (χ1) is 15.0. The molecule has 2 heterocycles. The molecule has 0 fully saturated rings. The third-order valence-electron chi connectivity index (χ3n) is 4.81. The minimum absolute atomic E-state index is 0.0550. The maximum absolute atomic E-state index is 13.0. The van der Waals surface area contributed by atoms with Crippen LogP contribution >= 0.6 is 22.9 Å². The maximum Gasteiger partial charge on any atom is 0.258 e. The van der Waals surface area contributed by atoms with Crippen LogP contribution in [-0.4, -0.2) is 32.3 Å². The van der Waals surface area contributed by atoms with Crippen molar-refractivity contribution in [2.45, 2.75) is 26.3 Å². The van der Waals surface area contributed by atoms with Gasteiger partial charge in [-0.2, -0.15) is 0 Å². The van der Waals surface area contributed by atoms with Crippen molar-refractivity contribution < 1.29 is 4.79 Å². The summed E-state index contributed by atoms with van der Waals surface area (Å²) in [6, 6.07) is 14.9. The summed E-state index contributed by atoms with van der Waals surface area (Å²) in [7, 11) is 0. The fourth-order valence-corrected chi connectivity index (χ4v) is 4.34. The highest BCUT2D eigenvalue weighted by Gasteiger charge is 2.17. The molecule has 0 radical (unpaired) electrons. The number of benzene rings is 2. The van der Waals surface area contributed by atoms with E-state index in [-0.39, 0.29) is 24.4 Å². The number of halogens is 1. The second kappa shape index (κ2) is 9.41. The van der Waals surface area contributed by atoms with E-state index in [4.69, 9.17) is 11.6 Å². The number of aromatic amines is 1. The Kier molecular flexibility index (Phi) is 6.44. The molecule has 158 valence electrons. The van der Waals surface area contributed by atoms with Crippen LogP contribution in [0, 0.1) is 0 Å². The Balaban J connectivity index is 1.52. The number of rotatable bonds is 7. The molecule has 1 amide bonds.